The van der Waals surface area contributed by atoms with Gasteiger partial charge >= 0.3 is 29.8 Å². The van der Waals surface area contributed by atoms with Gasteiger partial charge in [0.1, 0.15) is 35.2 Å². The summed E-state index contributed by atoms with van der Waals surface area (Å²) in [5, 5.41) is -0.168. The summed E-state index contributed by atoms with van der Waals surface area (Å²) in [6.07, 6.45) is -7.59. The van der Waals surface area contributed by atoms with Crippen LogP contribution in [0, 0.1) is 0 Å². The van der Waals surface area contributed by atoms with Crippen LogP contribution in [-0.4, -0.2) is 81.4 Å². The molecule has 1 aromatic heterocycles. The summed E-state index contributed by atoms with van der Waals surface area (Å²) in [7, 11) is 2.71. The van der Waals surface area contributed by atoms with Crippen molar-refractivity contribution in [3.8, 4) is 34.3 Å². The minimum Gasteiger partial charge on any atom is -0.497 e. The maximum Gasteiger partial charge on any atom is 0.308 e. The first kappa shape index (κ1) is 36.2. The van der Waals surface area contributed by atoms with E-state index in [0.29, 0.717) is 11.3 Å². The average molecular weight is 687 g/mol. The molecule has 0 aliphatic carbocycles. The predicted octanol–water partition coefficient (Wildman–Crippen LogP) is 2.86. The molecule has 0 bridgehead atoms. The van der Waals surface area contributed by atoms with E-state index in [-0.39, 0.29) is 34.0 Å². The third-order valence-electron chi connectivity index (χ3n) is 6.91. The summed E-state index contributed by atoms with van der Waals surface area (Å²) in [4.78, 5) is 74.0. The standard InChI is InChI=1S/C33H34O16/c1-15(34)42-14-26-29(43-16(2)35)31(45-18(4)37)32(46-19(5)38)33(49-26)48-25-13-24-27(30(28(25)41-7)44-17(3)36)22(39)12-23(47-24)20-8-10-21(40-6)11-9-20/h8-13,26,29,31-33H,14H2,1-7H3/t26-,29-,31+,32-,33-/m1/s1. The fourth-order valence-corrected chi connectivity index (χ4v) is 5.08. The number of methoxy groups -OCH3 is 2. The molecule has 1 aliphatic heterocycles. The van der Waals surface area contributed by atoms with Crippen molar-refractivity contribution in [3.05, 3.63) is 46.6 Å². The molecule has 4 rings (SSSR count). The molecule has 262 valence electrons. The lowest BCUT2D eigenvalue weighted by Crippen LogP contribution is -2.63. The van der Waals surface area contributed by atoms with E-state index in [1.807, 2.05) is 0 Å². The van der Waals surface area contributed by atoms with Gasteiger partial charge in [-0.05, 0) is 24.3 Å². The highest BCUT2D eigenvalue weighted by atomic mass is 16.7. The third kappa shape index (κ3) is 8.64. The molecule has 2 aromatic carbocycles. The molecule has 0 N–H and O–H groups in total. The SMILES string of the molecule is COc1ccc(-c2cc(=O)c3c(OC(C)=O)c(OC)c(O[C@@H]4O[C@H](COC(C)=O)[C@@H](OC(C)=O)[C@H](OC(C)=O)[C@H]4OC(C)=O)cc3o2)cc1. The fraction of sp³-hybridized carbons (Fsp3) is 0.394. The van der Waals surface area contributed by atoms with E-state index in [0.717, 1.165) is 34.6 Å². The molecule has 49 heavy (non-hydrogen) atoms. The first-order valence-electron chi connectivity index (χ1n) is 14.7. The number of hydrogen-bond donors (Lipinski definition) is 0. The van der Waals surface area contributed by atoms with E-state index in [4.69, 9.17) is 47.0 Å². The van der Waals surface area contributed by atoms with Crippen LogP contribution in [0.3, 0.4) is 0 Å². The zero-order valence-corrected chi connectivity index (χ0v) is 27.6. The van der Waals surface area contributed by atoms with E-state index in [9.17, 15) is 28.8 Å². The monoisotopic (exact) mass is 686 g/mol. The average Bonchev–Trinajstić information content (AvgIpc) is 3.01. The Kier molecular flexibility index (Phi) is 11.5. The number of carbonyl (C=O) groups is 5. The molecule has 0 saturated carbocycles. The van der Waals surface area contributed by atoms with Crippen LogP contribution in [0.25, 0.3) is 22.3 Å². The summed E-state index contributed by atoms with van der Waals surface area (Å²) in [6, 6.07) is 9.11. The molecular formula is C33H34O16. The van der Waals surface area contributed by atoms with E-state index >= 15 is 0 Å². The van der Waals surface area contributed by atoms with Crippen LogP contribution in [0.5, 0.6) is 23.0 Å². The van der Waals surface area contributed by atoms with Crippen LogP contribution in [-0.2, 0) is 47.7 Å². The molecule has 1 fully saturated rings. The Morgan fingerprint density at radius 3 is 1.88 bits per heavy atom. The van der Waals surface area contributed by atoms with Gasteiger partial charge in [-0.3, -0.25) is 28.8 Å². The minimum absolute atomic E-state index is 0.115. The van der Waals surface area contributed by atoms with Crippen molar-refractivity contribution in [3.63, 3.8) is 0 Å². The van der Waals surface area contributed by atoms with Gasteiger partial charge in [-0.1, -0.05) is 0 Å². The van der Waals surface area contributed by atoms with Gasteiger partial charge in [0.25, 0.3) is 0 Å². The zero-order chi connectivity index (χ0) is 36.0. The Bertz CT molecular complexity index is 1790. The molecule has 0 spiro atoms. The van der Waals surface area contributed by atoms with Crippen LogP contribution in [0.2, 0.25) is 0 Å². The molecule has 3 aromatic rings. The topological polar surface area (TPSA) is 199 Å². The lowest BCUT2D eigenvalue weighted by atomic mass is 9.98. The maximum absolute atomic E-state index is 13.5. The number of ether oxygens (including phenoxy) is 9. The highest BCUT2D eigenvalue weighted by Gasteiger charge is 2.53. The van der Waals surface area contributed by atoms with Crippen LogP contribution in [0.15, 0.2) is 45.6 Å². The van der Waals surface area contributed by atoms with Crippen molar-refractivity contribution in [1.29, 1.82) is 0 Å². The summed E-state index contributed by atoms with van der Waals surface area (Å²) < 4.78 is 55.9. The summed E-state index contributed by atoms with van der Waals surface area (Å²) in [5.41, 5.74) is -0.205. The second-order valence-electron chi connectivity index (χ2n) is 10.6. The number of benzene rings is 2. The maximum atomic E-state index is 13.5. The largest absolute Gasteiger partial charge is 0.497 e. The van der Waals surface area contributed by atoms with E-state index in [1.54, 1.807) is 24.3 Å². The second-order valence-corrected chi connectivity index (χ2v) is 10.6. The number of carbonyl (C=O) groups excluding carboxylic acids is 5. The summed E-state index contributed by atoms with van der Waals surface area (Å²) in [5.74, 6) is -4.22. The quantitative estimate of drug-likeness (QED) is 0.162. The van der Waals surface area contributed by atoms with E-state index in [1.165, 1.54) is 26.4 Å². The molecule has 0 amide bonds. The van der Waals surface area contributed by atoms with Crippen LogP contribution in [0.1, 0.15) is 34.6 Å². The Hall–Kier alpha value is -5.64. The van der Waals surface area contributed by atoms with Gasteiger partial charge in [0.2, 0.25) is 18.1 Å². The molecule has 16 heteroatoms. The van der Waals surface area contributed by atoms with E-state index in [2.05, 4.69) is 0 Å². The summed E-state index contributed by atoms with van der Waals surface area (Å²) in [6.45, 7) is 4.95. The number of esters is 5. The van der Waals surface area contributed by atoms with Crippen molar-refractivity contribution in [2.24, 2.45) is 0 Å². The lowest BCUT2D eigenvalue weighted by molar-refractivity contribution is -0.288. The molecule has 1 saturated heterocycles. The van der Waals surface area contributed by atoms with Crippen molar-refractivity contribution in [1.82, 2.24) is 0 Å². The zero-order valence-electron chi connectivity index (χ0n) is 27.6. The van der Waals surface area contributed by atoms with Gasteiger partial charge in [-0.25, -0.2) is 0 Å². The van der Waals surface area contributed by atoms with Crippen LogP contribution in [0.4, 0.5) is 0 Å². The first-order valence-corrected chi connectivity index (χ1v) is 14.7. The molecule has 1 aliphatic rings. The fourth-order valence-electron chi connectivity index (χ4n) is 5.08. The lowest BCUT2D eigenvalue weighted by Gasteiger charge is -2.44. The highest BCUT2D eigenvalue weighted by molar-refractivity contribution is 5.92. The van der Waals surface area contributed by atoms with Crippen LogP contribution < -0.4 is 24.4 Å². The smallest absolute Gasteiger partial charge is 0.308 e. The second kappa shape index (κ2) is 15.5. The van der Waals surface area contributed by atoms with Crippen LogP contribution >= 0.6 is 0 Å². The molecule has 5 atom stereocenters. The van der Waals surface area contributed by atoms with Gasteiger partial charge < -0.3 is 47.0 Å². The van der Waals surface area contributed by atoms with Crippen molar-refractivity contribution in [2.75, 3.05) is 20.8 Å². The normalized spacial score (nSPS) is 20.0. The molecule has 16 nitrogen and oxygen atoms in total. The van der Waals surface area contributed by atoms with Gasteiger partial charge in [0.05, 0.1) is 14.2 Å². The Balaban J connectivity index is 1.91. The number of fused-ring (bicyclic) bond motifs is 1. The van der Waals surface area contributed by atoms with Crippen molar-refractivity contribution in [2.45, 2.75) is 65.3 Å². The number of rotatable bonds is 11. The van der Waals surface area contributed by atoms with Gasteiger partial charge in [-0.2, -0.15) is 0 Å². The minimum atomic E-state index is -1.69. The Labute approximate surface area is 279 Å². The van der Waals surface area contributed by atoms with Gasteiger partial charge in [0.15, 0.2) is 29.1 Å². The Morgan fingerprint density at radius 2 is 1.33 bits per heavy atom. The first-order chi connectivity index (χ1) is 23.2. The predicted molar refractivity (Wildman–Crippen MR) is 165 cm³/mol. The molecular weight excluding hydrogens is 652 g/mol. The molecule has 2 heterocycles. The number of hydrogen-bond acceptors (Lipinski definition) is 16. The Morgan fingerprint density at radius 1 is 0.714 bits per heavy atom. The third-order valence-corrected chi connectivity index (χ3v) is 6.91. The van der Waals surface area contributed by atoms with Gasteiger partial charge in [0, 0.05) is 52.3 Å². The van der Waals surface area contributed by atoms with E-state index < -0.39 is 72.6 Å². The molecule has 0 radical (unpaired) electrons. The van der Waals surface area contributed by atoms with Crippen molar-refractivity contribution >= 4 is 40.8 Å². The highest BCUT2D eigenvalue weighted by Crippen LogP contribution is 2.45. The van der Waals surface area contributed by atoms with Gasteiger partial charge in [-0.15, -0.1) is 0 Å². The van der Waals surface area contributed by atoms with Crippen molar-refractivity contribution < 1.29 is 71.0 Å². The molecule has 0 unspecified atom stereocenters. The summed E-state index contributed by atoms with van der Waals surface area (Å²) >= 11 is 0.